The molecule has 0 saturated carbocycles. The molecule has 1 fully saturated rings. The minimum Gasteiger partial charge on any atom is -0.494 e. The molecule has 0 aliphatic carbocycles. The Morgan fingerprint density at radius 2 is 1.77 bits per heavy atom. The van der Waals surface area contributed by atoms with Gasteiger partial charge in [0.25, 0.3) is 10.0 Å². The average Bonchev–Trinajstić information content (AvgIpc) is 2.79. The fourth-order valence-electron chi connectivity index (χ4n) is 3.32. The Morgan fingerprint density at radius 3 is 2.27 bits per heavy atom. The van der Waals surface area contributed by atoms with Gasteiger partial charge in [-0.15, -0.1) is 0 Å². The fraction of sp³-hybridized carbons (Fsp3) is 0.350. The first-order valence-electron chi connectivity index (χ1n) is 9.31. The molecule has 1 amide bonds. The van der Waals surface area contributed by atoms with Crippen LogP contribution in [0.5, 0.6) is 5.75 Å². The van der Waals surface area contributed by atoms with E-state index in [1.807, 2.05) is 6.92 Å². The third kappa shape index (κ3) is 4.15. The lowest BCUT2D eigenvalue weighted by molar-refractivity contribution is -0.123. The minimum atomic E-state index is -3.92. The normalized spacial score (nSPS) is 17.7. The summed E-state index contributed by atoms with van der Waals surface area (Å²) in [5.74, 6) is -0.206. The zero-order chi connectivity index (χ0) is 22.3. The SMILES string of the molecule is CCOc1ccc(NS(=O)(=O)c2ccc(N3C(=O)C(C)(C)CS3(=O)=O)cc2C)cc1. The van der Waals surface area contributed by atoms with Crippen LogP contribution in [-0.2, 0) is 24.8 Å². The third-order valence-corrected chi connectivity index (χ3v) is 8.25. The van der Waals surface area contributed by atoms with Crippen LogP contribution in [0.4, 0.5) is 11.4 Å². The molecule has 10 heteroatoms. The lowest BCUT2D eigenvalue weighted by atomic mass is 9.95. The predicted octanol–water partition coefficient (Wildman–Crippen LogP) is 2.90. The number of aryl methyl sites for hydroxylation is 1. The maximum Gasteiger partial charge on any atom is 0.262 e. The maximum atomic E-state index is 12.8. The van der Waals surface area contributed by atoms with Crippen LogP contribution in [0, 0.1) is 12.3 Å². The first-order chi connectivity index (χ1) is 13.9. The second-order valence-electron chi connectivity index (χ2n) is 7.72. The molecule has 162 valence electrons. The van der Waals surface area contributed by atoms with Crippen LogP contribution in [0.3, 0.4) is 0 Å². The van der Waals surface area contributed by atoms with E-state index in [1.165, 1.54) is 18.2 Å². The van der Waals surface area contributed by atoms with Crippen molar-refractivity contribution in [1.82, 2.24) is 0 Å². The van der Waals surface area contributed by atoms with Gasteiger partial charge in [0.1, 0.15) is 5.75 Å². The third-order valence-electron chi connectivity index (χ3n) is 4.68. The van der Waals surface area contributed by atoms with E-state index in [2.05, 4.69) is 4.72 Å². The molecular formula is C20H24N2O6S2. The number of ether oxygens (including phenoxy) is 1. The smallest absolute Gasteiger partial charge is 0.262 e. The number of nitrogens with zero attached hydrogens (tertiary/aromatic N) is 1. The van der Waals surface area contributed by atoms with Crippen molar-refractivity contribution < 1.29 is 26.4 Å². The molecule has 1 aliphatic rings. The Balaban J connectivity index is 1.90. The number of sulfonamides is 2. The van der Waals surface area contributed by atoms with E-state index in [0.29, 0.717) is 23.6 Å². The zero-order valence-corrected chi connectivity index (χ0v) is 18.8. The summed E-state index contributed by atoms with van der Waals surface area (Å²) in [6.07, 6.45) is 0. The fourth-order valence-corrected chi connectivity index (χ4v) is 6.70. The van der Waals surface area contributed by atoms with Gasteiger partial charge in [-0.3, -0.25) is 9.52 Å². The number of carbonyl (C=O) groups is 1. The summed E-state index contributed by atoms with van der Waals surface area (Å²) in [4.78, 5) is 12.5. The highest BCUT2D eigenvalue weighted by atomic mass is 32.2. The monoisotopic (exact) mass is 452 g/mol. The van der Waals surface area contributed by atoms with Gasteiger partial charge in [-0.1, -0.05) is 0 Å². The summed E-state index contributed by atoms with van der Waals surface area (Å²) in [6, 6.07) is 10.5. The predicted molar refractivity (Wildman–Crippen MR) is 115 cm³/mol. The van der Waals surface area contributed by atoms with Gasteiger partial charge in [-0.2, -0.15) is 0 Å². The second-order valence-corrected chi connectivity index (χ2v) is 11.2. The van der Waals surface area contributed by atoms with E-state index in [0.717, 1.165) is 4.31 Å². The van der Waals surface area contributed by atoms with E-state index in [9.17, 15) is 21.6 Å². The number of anilines is 2. The van der Waals surface area contributed by atoms with Crippen molar-refractivity contribution in [2.75, 3.05) is 21.4 Å². The topological polar surface area (TPSA) is 110 Å². The summed E-state index contributed by atoms with van der Waals surface area (Å²) in [6.45, 7) is 7.04. The molecule has 2 aromatic carbocycles. The number of rotatable bonds is 6. The Bertz CT molecular complexity index is 1190. The van der Waals surface area contributed by atoms with Gasteiger partial charge >= 0.3 is 0 Å². The van der Waals surface area contributed by atoms with Crippen LogP contribution >= 0.6 is 0 Å². The molecule has 8 nitrogen and oxygen atoms in total. The summed E-state index contributed by atoms with van der Waals surface area (Å²) in [7, 11) is -7.73. The Kier molecular flexibility index (Phi) is 5.59. The van der Waals surface area contributed by atoms with Gasteiger partial charge in [0.15, 0.2) is 0 Å². The van der Waals surface area contributed by atoms with Crippen molar-refractivity contribution in [1.29, 1.82) is 0 Å². The molecule has 30 heavy (non-hydrogen) atoms. The molecule has 3 rings (SSSR count). The molecule has 1 heterocycles. The number of amides is 1. The number of hydrogen-bond donors (Lipinski definition) is 1. The van der Waals surface area contributed by atoms with Crippen LogP contribution in [0.1, 0.15) is 26.3 Å². The molecule has 1 aliphatic heterocycles. The number of nitrogens with one attached hydrogen (secondary N) is 1. The lowest BCUT2D eigenvalue weighted by Crippen LogP contribution is -2.33. The highest BCUT2D eigenvalue weighted by Crippen LogP contribution is 2.36. The summed E-state index contributed by atoms with van der Waals surface area (Å²) in [5, 5.41) is 0. The second kappa shape index (κ2) is 7.59. The van der Waals surface area contributed by atoms with Crippen LogP contribution in [0.25, 0.3) is 0 Å². The molecule has 0 radical (unpaired) electrons. The molecule has 2 aromatic rings. The summed E-state index contributed by atoms with van der Waals surface area (Å²) >= 11 is 0. The van der Waals surface area contributed by atoms with Crippen molar-refractivity contribution >= 4 is 37.3 Å². The largest absolute Gasteiger partial charge is 0.494 e. The summed E-state index contributed by atoms with van der Waals surface area (Å²) < 4.78 is 59.1. The first-order valence-corrected chi connectivity index (χ1v) is 12.4. The first kappa shape index (κ1) is 22.1. The van der Waals surface area contributed by atoms with Crippen LogP contribution < -0.4 is 13.8 Å². The van der Waals surface area contributed by atoms with Gasteiger partial charge in [0, 0.05) is 5.69 Å². The lowest BCUT2D eigenvalue weighted by Gasteiger charge is -2.19. The molecule has 1 saturated heterocycles. The molecule has 0 atom stereocenters. The van der Waals surface area contributed by atoms with Gasteiger partial charge in [-0.05, 0) is 75.7 Å². The van der Waals surface area contributed by atoms with Crippen LogP contribution in [0.15, 0.2) is 47.4 Å². The highest BCUT2D eigenvalue weighted by molar-refractivity contribution is 7.94. The highest BCUT2D eigenvalue weighted by Gasteiger charge is 2.50. The number of carbonyl (C=O) groups excluding carboxylic acids is 1. The Hall–Kier alpha value is -2.59. The number of hydrogen-bond acceptors (Lipinski definition) is 6. The number of benzene rings is 2. The van der Waals surface area contributed by atoms with Gasteiger partial charge in [0.05, 0.1) is 28.4 Å². The molecule has 0 spiro atoms. The molecular weight excluding hydrogens is 428 g/mol. The molecule has 0 unspecified atom stereocenters. The Labute approximate surface area is 177 Å². The van der Waals surface area contributed by atoms with E-state index < -0.39 is 31.4 Å². The minimum absolute atomic E-state index is 0.0107. The van der Waals surface area contributed by atoms with Crippen molar-refractivity contribution in [3.05, 3.63) is 48.0 Å². The van der Waals surface area contributed by atoms with Crippen LogP contribution in [0.2, 0.25) is 0 Å². The zero-order valence-electron chi connectivity index (χ0n) is 17.2. The van der Waals surface area contributed by atoms with E-state index >= 15 is 0 Å². The average molecular weight is 453 g/mol. The van der Waals surface area contributed by atoms with Crippen molar-refractivity contribution in [2.45, 2.75) is 32.6 Å². The van der Waals surface area contributed by atoms with Crippen molar-refractivity contribution in [2.24, 2.45) is 5.41 Å². The van der Waals surface area contributed by atoms with Crippen molar-refractivity contribution in [3.63, 3.8) is 0 Å². The van der Waals surface area contributed by atoms with Crippen LogP contribution in [-0.4, -0.2) is 35.1 Å². The molecule has 0 aromatic heterocycles. The van der Waals surface area contributed by atoms with E-state index in [4.69, 9.17) is 4.74 Å². The molecule has 0 bridgehead atoms. The molecule has 1 N–H and O–H groups in total. The van der Waals surface area contributed by atoms with E-state index in [1.54, 1.807) is 45.0 Å². The quantitative estimate of drug-likeness (QED) is 0.722. The van der Waals surface area contributed by atoms with Gasteiger partial charge in [0.2, 0.25) is 15.9 Å². The van der Waals surface area contributed by atoms with Gasteiger partial charge < -0.3 is 4.74 Å². The van der Waals surface area contributed by atoms with Gasteiger partial charge in [-0.25, -0.2) is 21.1 Å². The van der Waals surface area contributed by atoms with E-state index in [-0.39, 0.29) is 16.3 Å². The van der Waals surface area contributed by atoms with Crippen molar-refractivity contribution in [3.8, 4) is 5.75 Å². The standard InChI is InChI=1S/C20H24N2O6S2/c1-5-28-17-9-6-15(7-10-17)21-30(26,27)18-11-8-16(12-14(18)2)22-19(23)20(3,4)13-29(22,24)25/h6-12,21H,5,13H2,1-4H3. The Morgan fingerprint density at radius 1 is 1.13 bits per heavy atom. The maximum absolute atomic E-state index is 12.8. The summed E-state index contributed by atoms with van der Waals surface area (Å²) in [5.41, 5.74) is -0.227.